The van der Waals surface area contributed by atoms with Gasteiger partial charge in [0.25, 0.3) is 0 Å². The number of rotatable bonds is 6. The fraction of sp³-hybridized carbons (Fsp3) is 0.368. The van der Waals surface area contributed by atoms with E-state index in [4.69, 9.17) is 9.26 Å². The van der Waals surface area contributed by atoms with Crippen LogP contribution in [0.5, 0.6) is 5.75 Å². The maximum absolute atomic E-state index is 6.04. The minimum Gasteiger partial charge on any atom is -0.488 e. The predicted octanol–water partition coefficient (Wildman–Crippen LogP) is 3.94. The number of likely N-dealkylation sites (tertiary alicyclic amines) is 1. The monoisotopic (exact) mass is 353 g/mol. The summed E-state index contributed by atoms with van der Waals surface area (Å²) in [5, 5.41) is 6.21. The molecule has 1 saturated heterocycles. The van der Waals surface area contributed by atoms with Crippen molar-refractivity contribution < 1.29 is 9.26 Å². The second kappa shape index (κ2) is 6.28. The lowest BCUT2D eigenvalue weighted by molar-refractivity contribution is 0.0152. The largest absolute Gasteiger partial charge is 0.488 e. The third-order valence-electron chi connectivity index (χ3n) is 4.67. The lowest BCUT2D eigenvalue weighted by Crippen LogP contribution is -2.52. The lowest BCUT2D eigenvalue weighted by atomic mass is 10.1. The number of aromatic nitrogens is 2. The zero-order chi connectivity index (χ0) is 16.6. The molecular weight excluding hydrogens is 334 g/mol. The maximum atomic E-state index is 6.04. The molecule has 0 atom stereocenters. The Morgan fingerprint density at radius 2 is 2.00 bits per heavy atom. The van der Waals surface area contributed by atoms with Crippen LogP contribution in [0.15, 0.2) is 46.3 Å². The quantitative estimate of drug-likeness (QED) is 0.672. The van der Waals surface area contributed by atoms with Crippen LogP contribution >= 0.6 is 11.3 Å². The first-order valence-corrected chi connectivity index (χ1v) is 9.57. The van der Waals surface area contributed by atoms with Crippen LogP contribution < -0.4 is 4.74 Å². The minimum atomic E-state index is 0.275. The second-order valence-electron chi connectivity index (χ2n) is 6.77. The molecule has 1 aliphatic heterocycles. The van der Waals surface area contributed by atoms with Gasteiger partial charge in [-0.3, -0.25) is 4.90 Å². The zero-order valence-corrected chi connectivity index (χ0v) is 14.6. The highest BCUT2D eigenvalue weighted by atomic mass is 32.1. The van der Waals surface area contributed by atoms with E-state index < -0.39 is 0 Å². The van der Waals surface area contributed by atoms with Crippen LogP contribution in [0.2, 0.25) is 0 Å². The number of hydrogen-bond donors (Lipinski definition) is 0. The summed E-state index contributed by atoms with van der Waals surface area (Å²) in [5.74, 6) is 2.82. The Balaban J connectivity index is 1.16. The molecule has 0 N–H and O–H groups in total. The number of nitrogens with zero attached hydrogens (tertiary/aromatic N) is 3. The van der Waals surface area contributed by atoms with Crippen molar-refractivity contribution in [2.45, 2.75) is 31.4 Å². The van der Waals surface area contributed by atoms with E-state index in [0.717, 1.165) is 36.8 Å². The molecule has 1 aliphatic carbocycles. The van der Waals surface area contributed by atoms with Gasteiger partial charge in [0.15, 0.2) is 0 Å². The normalized spacial score (nSPS) is 18.2. The molecule has 0 radical (unpaired) electrons. The first kappa shape index (κ1) is 15.1. The van der Waals surface area contributed by atoms with E-state index in [0.29, 0.717) is 11.7 Å². The van der Waals surface area contributed by atoms with Gasteiger partial charge in [-0.1, -0.05) is 11.2 Å². The standard InChI is InChI=1S/C19H19N3O2S/c1-2-17(25-9-1)12-22-10-16(11-22)23-15-7-5-13(6-8-15)18-20-19(24-21-18)14-3-4-14/h1-2,5-9,14,16H,3-4,10-12H2. The molecule has 2 fully saturated rings. The molecule has 2 aromatic heterocycles. The van der Waals surface area contributed by atoms with E-state index in [-0.39, 0.29) is 6.10 Å². The average Bonchev–Trinajstić information content (AvgIpc) is 3.11. The molecule has 3 heterocycles. The van der Waals surface area contributed by atoms with E-state index in [1.54, 1.807) is 0 Å². The molecule has 6 heteroatoms. The molecule has 25 heavy (non-hydrogen) atoms. The molecule has 5 nitrogen and oxygen atoms in total. The van der Waals surface area contributed by atoms with E-state index in [2.05, 4.69) is 32.6 Å². The van der Waals surface area contributed by atoms with Crippen molar-refractivity contribution in [1.82, 2.24) is 15.0 Å². The third kappa shape index (κ3) is 3.32. The third-order valence-corrected chi connectivity index (χ3v) is 5.53. The highest BCUT2D eigenvalue weighted by Crippen LogP contribution is 2.39. The molecule has 5 rings (SSSR count). The molecule has 0 spiro atoms. The summed E-state index contributed by atoms with van der Waals surface area (Å²) in [7, 11) is 0. The van der Waals surface area contributed by atoms with Gasteiger partial charge in [0, 0.05) is 36.0 Å². The minimum absolute atomic E-state index is 0.275. The van der Waals surface area contributed by atoms with Gasteiger partial charge in [0.1, 0.15) is 11.9 Å². The van der Waals surface area contributed by atoms with Gasteiger partial charge in [-0.05, 0) is 48.6 Å². The van der Waals surface area contributed by atoms with Crippen molar-refractivity contribution in [3.05, 3.63) is 52.5 Å². The smallest absolute Gasteiger partial charge is 0.230 e. The van der Waals surface area contributed by atoms with E-state index in [9.17, 15) is 0 Å². The van der Waals surface area contributed by atoms with Crippen molar-refractivity contribution in [3.8, 4) is 17.1 Å². The van der Waals surface area contributed by atoms with Gasteiger partial charge in [-0.25, -0.2) is 0 Å². The van der Waals surface area contributed by atoms with Gasteiger partial charge >= 0.3 is 0 Å². The van der Waals surface area contributed by atoms with Crippen LogP contribution in [-0.4, -0.2) is 34.2 Å². The Bertz CT molecular complexity index is 834. The number of hydrogen-bond acceptors (Lipinski definition) is 6. The molecule has 0 amide bonds. The molecule has 0 unspecified atom stereocenters. The summed E-state index contributed by atoms with van der Waals surface area (Å²) < 4.78 is 11.4. The summed E-state index contributed by atoms with van der Waals surface area (Å²) in [6, 6.07) is 12.3. The van der Waals surface area contributed by atoms with Crippen molar-refractivity contribution >= 4 is 11.3 Å². The molecule has 3 aromatic rings. The topological polar surface area (TPSA) is 51.4 Å². The number of ether oxygens (including phenoxy) is 1. The van der Waals surface area contributed by atoms with E-state index in [1.165, 1.54) is 17.7 Å². The molecule has 2 aliphatic rings. The van der Waals surface area contributed by atoms with Gasteiger partial charge < -0.3 is 9.26 Å². The van der Waals surface area contributed by atoms with Crippen molar-refractivity contribution in [2.75, 3.05) is 13.1 Å². The van der Waals surface area contributed by atoms with Gasteiger partial charge in [-0.2, -0.15) is 4.98 Å². The molecule has 1 saturated carbocycles. The Hall–Kier alpha value is -2.18. The SMILES string of the molecule is c1csc(CN2CC(Oc3ccc(-c4noc(C5CC5)n4)cc3)C2)c1. The number of thiophene rings is 1. The molecular formula is C19H19N3O2S. The van der Waals surface area contributed by atoms with Crippen molar-refractivity contribution in [1.29, 1.82) is 0 Å². The average molecular weight is 353 g/mol. The summed E-state index contributed by atoms with van der Waals surface area (Å²) >= 11 is 1.81. The Morgan fingerprint density at radius 1 is 1.16 bits per heavy atom. The van der Waals surface area contributed by atoms with E-state index in [1.807, 2.05) is 35.6 Å². The van der Waals surface area contributed by atoms with Crippen LogP contribution in [0.25, 0.3) is 11.4 Å². The fourth-order valence-electron chi connectivity index (χ4n) is 3.07. The predicted molar refractivity (Wildman–Crippen MR) is 95.7 cm³/mol. The maximum Gasteiger partial charge on any atom is 0.230 e. The van der Waals surface area contributed by atoms with Crippen LogP contribution in [0.1, 0.15) is 29.5 Å². The highest BCUT2D eigenvalue weighted by Gasteiger charge is 2.30. The van der Waals surface area contributed by atoms with Gasteiger partial charge in [-0.15, -0.1) is 11.3 Å². The summed E-state index contributed by atoms with van der Waals surface area (Å²) in [6.45, 7) is 2.99. The van der Waals surface area contributed by atoms with Crippen LogP contribution in [0.3, 0.4) is 0 Å². The van der Waals surface area contributed by atoms with Gasteiger partial charge in [0.05, 0.1) is 0 Å². The zero-order valence-electron chi connectivity index (χ0n) is 13.8. The fourth-order valence-corrected chi connectivity index (χ4v) is 3.82. The van der Waals surface area contributed by atoms with Crippen LogP contribution in [0.4, 0.5) is 0 Å². The highest BCUT2D eigenvalue weighted by molar-refractivity contribution is 7.09. The molecule has 1 aromatic carbocycles. The molecule has 0 bridgehead atoms. The summed E-state index contributed by atoms with van der Waals surface area (Å²) in [4.78, 5) is 8.30. The van der Waals surface area contributed by atoms with Crippen molar-refractivity contribution in [3.63, 3.8) is 0 Å². The first-order chi connectivity index (χ1) is 12.3. The van der Waals surface area contributed by atoms with Crippen molar-refractivity contribution in [2.24, 2.45) is 0 Å². The Kier molecular flexibility index (Phi) is 3.79. The first-order valence-electron chi connectivity index (χ1n) is 8.69. The van der Waals surface area contributed by atoms with Crippen LogP contribution in [-0.2, 0) is 6.54 Å². The summed E-state index contributed by atoms with van der Waals surface area (Å²) in [6.07, 6.45) is 2.61. The Labute approximate surface area is 150 Å². The molecule has 128 valence electrons. The van der Waals surface area contributed by atoms with Gasteiger partial charge in [0.2, 0.25) is 11.7 Å². The number of benzene rings is 1. The summed E-state index contributed by atoms with van der Waals surface area (Å²) in [5.41, 5.74) is 0.968. The van der Waals surface area contributed by atoms with E-state index >= 15 is 0 Å². The lowest BCUT2D eigenvalue weighted by Gasteiger charge is -2.38. The Morgan fingerprint density at radius 3 is 2.72 bits per heavy atom. The van der Waals surface area contributed by atoms with Crippen LogP contribution in [0, 0.1) is 0 Å². The second-order valence-corrected chi connectivity index (χ2v) is 7.80.